The Morgan fingerprint density at radius 2 is 1.72 bits per heavy atom. The number of aromatic nitrogens is 1. The van der Waals surface area contributed by atoms with Crippen molar-refractivity contribution in [1.29, 1.82) is 0 Å². The third kappa shape index (κ3) is 5.65. The fourth-order valence-electron chi connectivity index (χ4n) is 5.50. The van der Waals surface area contributed by atoms with Gasteiger partial charge >= 0.3 is 0 Å². The molecular formula is C30H30Cl2N4O3. The maximum Gasteiger partial charge on any atom is 0.255 e. The van der Waals surface area contributed by atoms with Crippen LogP contribution >= 0.6 is 23.2 Å². The molecule has 0 unspecified atom stereocenters. The third-order valence-corrected chi connectivity index (χ3v) is 8.25. The van der Waals surface area contributed by atoms with Gasteiger partial charge in [0.05, 0.1) is 10.6 Å². The molecule has 2 aliphatic heterocycles. The summed E-state index contributed by atoms with van der Waals surface area (Å²) in [5.41, 5.74) is 3.91. The quantitative estimate of drug-likeness (QED) is 0.370. The Labute approximate surface area is 238 Å². The highest BCUT2D eigenvalue weighted by molar-refractivity contribution is 6.41. The lowest BCUT2D eigenvalue weighted by molar-refractivity contribution is -0.122. The zero-order valence-corrected chi connectivity index (χ0v) is 23.4. The van der Waals surface area contributed by atoms with Crippen molar-refractivity contribution in [2.75, 3.05) is 18.4 Å². The molecule has 7 nitrogen and oxygen atoms in total. The summed E-state index contributed by atoms with van der Waals surface area (Å²) in [7, 11) is 0. The molecule has 3 amide bonds. The summed E-state index contributed by atoms with van der Waals surface area (Å²) < 4.78 is 0. The SMILES string of the molecule is CC(C)[C@@H](C(=O)Nc1ccc(C2CCN(C(=O)c3cnc(Cl)c(Cl)c3)CC2)cc1)N1Cc2ccccc2C1=O. The average molecular weight is 566 g/mol. The van der Waals surface area contributed by atoms with Gasteiger partial charge in [-0.1, -0.05) is 67.4 Å². The van der Waals surface area contributed by atoms with Gasteiger partial charge < -0.3 is 15.1 Å². The zero-order chi connectivity index (χ0) is 27.7. The molecule has 1 fully saturated rings. The summed E-state index contributed by atoms with van der Waals surface area (Å²) in [6.07, 6.45) is 3.12. The van der Waals surface area contributed by atoms with Gasteiger partial charge in [0.15, 0.2) is 0 Å². The molecule has 5 rings (SSSR count). The minimum atomic E-state index is -0.572. The number of pyridine rings is 1. The largest absolute Gasteiger partial charge is 0.339 e. The number of rotatable bonds is 6. The van der Waals surface area contributed by atoms with Gasteiger partial charge in [0.25, 0.3) is 11.8 Å². The van der Waals surface area contributed by atoms with Gasteiger partial charge in [-0.05, 0) is 60.1 Å². The number of piperidine rings is 1. The summed E-state index contributed by atoms with van der Waals surface area (Å²) in [5, 5.41) is 3.46. The van der Waals surface area contributed by atoms with E-state index in [9.17, 15) is 14.4 Å². The lowest BCUT2D eigenvalue weighted by Gasteiger charge is -2.32. The maximum atomic E-state index is 13.3. The second kappa shape index (κ2) is 11.4. The van der Waals surface area contributed by atoms with Crippen molar-refractivity contribution < 1.29 is 14.4 Å². The van der Waals surface area contributed by atoms with Crippen molar-refractivity contribution in [3.05, 3.63) is 93.2 Å². The minimum absolute atomic E-state index is 0.0462. The highest BCUT2D eigenvalue weighted by atomic mass is 35.5. The van der Waals surface area contributed by atoms with Crippen molar-refractivity contribution in [3.8, 4) is 0 Å². The Morgan fingerprint density at radius 3 is 2.36 bits per heavy atom. The number of hydrogen-bond donors (Lipinski definition) is 1. The molecule has 0 saturated carbocycles. The van der Waals surface area contributed by atoms with Gasteiger partial charge in [0.1, 0.15) is 11.2 Å². The summed E-state index contributed by atoms with van der Waals surface area (Å²) in [5.74, 6) is -0.126. The minimum Gasteiger partial charge on any atom is -0.339 e. The first-order chi connectivity index (χ1) is 18.7. The van der Waals surface area contributed by atoms with Crippen LogP contribution in [-0.4, -0.2) is 51.6 Å². The first-order valence-corrected chi connectivity index (χ1v) is 13.9. The van der Waals surface area contributed by atoms with E-state index in [0.29, 0.717) is 42.4 Å². The first-order valence-electron chi connectivity index (χ1n) is 13.1. The molecule has 2 aromatic carbocycles. The molecular weight excluding hydrogens is 535 g/mol. The second-order valence-corrected chi connectivity index (χ2v) is 11.2. The van der Waals surface area contributed by atoms with Crippen molar-refractivity contribution in [2.24, 2.45) is 5.92 Å². The highest BCUT2D eigenvalue weighted by Gasteiger charge is 2.38. The molecule has 39 heavy (non-hydrogen) atoms. The number of hydrogen-bond acceptors (Lipinski definition) is 4. The normalized spacial score (nSPS) is 16.4. The highest BCUT2D eigenvalue weighted by Crippen LogP contribution is 2.31. The van der Waals surface area contributed by atoms with Gasteiger partial charge in [0.2, 0.25) is 5.91 Å². The number of likely N-dealkylation sites (tertiary alicyclic amines) is 1. The predicted octanol–water partition coefficient (Wildman–Crippen LogP) is 6.03. The number of anilines is 1. The molecule has 1 saturated heterocycles. The fourth-order valence-corrected chi connectivity index (χ4v) is 5.77. The maximum absolute atomic E-state index is 13.3. The topological polar surface area (TPSA) is 82.6 Å². The first kappa shape index (κ1) is 27.2. The number of halogens is 2. The third-order valence-electron chi connectivity index (χ3n) is 7.56. The molecule has 0 radical (unpaired) electrons. The van der Waals surface area contributed by atoms with Gasteiger partial charge in [0, 0.05) is 37.1 Å². The van der Waals surface area contributed by atoms with Crippen LogP contribution in [0.1, 0.15) is 64.4 Å². The summed E-state index contributed by atoms with van der Waals surface area (Å²) in [6, 6.07) is 16.4. The molecule has 1 N–H and O–H groups in total. The van der Waals surface area contributed by atoms with Crippen LogP contribution in [0.25, 0.3) is 0 Å². The van der Waals surface area contributed by atoms with E-state index in [0.717, 1.165) is 18.4 Å². The zero-order valence-electron chi connectivity index (χ0n) is 21.9. The van der Waals surface area contributed by atoms with Crippen molar-refractivity contribution >= 4 is 46.6 Å². The number of fused-ring (bicyclic) bond motifs is 1. The summed E-state index contributed by atoms with van der Waals surface area (Å²) >= 11 is 11.9. The fraction of sp³-hybridized carbons (Fsp3) is 0.333. The standard InChI is InChI=1S/C30H30Cl2N4O3/c1-18(2)26(36-17-21-5-3-4-6-24(21)30(36)39)28(37)34-23-9-7-19(8-10-23)20-11-13-35(14-12-20)29(38)22-15-25(31)27(32)33-16-22/h3-10,15-16,18,20,26H,11-14,17H2,1-2H3,(H,34,37)/t26-/m0/s1. The number of carbonyl (C=O) groups is 3. The molecule has 0 aliphatic carbocycles. The lowest BCUT2D eigenvalue weighted by Crippen LogP contribution is -2.47. The monoisotopic (exact) mass is 564 g/mol. The predicted molar refractivity (Wildman–Crippen MR) is 152 cm³/mol. The van der Waals surface area contributed by atoms with Crippen LogP contribution in [-0.2, 0) is 11.3 Å². The average Bonchev–Trinajstić information content (AvgIpc) is 3.26. The van der Waals surface area contributed by atoms with Crippen LogP contribution in [0, 0.1) is 5.92 Å². The van der Waals surface area contributed by atoms with E-state index in [1.165, 1.54) is 11.8 Å². The summed E-state index contributed by atoms with van der Waals surface area (Å²) in [6.45, 7) is 5.61. The van der Waals surface area contributed by atoms with Gasteiger partial charge in [-0.15, -0.1) is 0 Å². The van der Waals surface area contributed by atoms with E-state index in [4.69, 9.17) is 23.2 Å². The molecule has 0 bridgehead atoms. The second-order valence-electron chi connectivity index (χ2n) is 10.5. The van der Waals surface area contributed by atoms with Crippen LogP contribution in [0.5, 0.6) is 0 Å². The Morgan fingerprint density at radius 1 is 1.03 bits per heavy atom. The van der Waals surface area contributed by atoms with Gasteiger partial charge in [-0.2, -0.15) is 0 Å². The van der Waals surface area contributed by atoms with E-state index < -0.39 is 6.04 Å². The number of nitrogens with zero attached hydrogens (tertiary/aromatic N) is 3. The molecule has 0 spiro atoms. The van der Waals surface area contributed by atoms with E-state index in [1.807, 2.05) is 67.3 Å². The van der Waals surface area contributed by atoms with E-state index in [2.05, 4.69) is 10.3 Å². The molecule has 3 aromatic rings. The van der Waals surface area contributed by atoms with Crippen LogP contribution in [0.2, 0.25) is 10.2 Å². The molecule has 202 valence electrons. The number of nitrogens with one attached hydrogen (secondary N) is 1. The Balaban J connectivity index is 1.19. The van der Waals surface area contributed by atoms with Gasteiger partial charge in [-0.3, -0.25) is 14.4 Å². The van der Waals surface area contributed by atoms with Crippen molar-refractivity contribution in [3.63, 3.8) is 0 Å². The van der Waals surface area contributed by atoms with Crippen molar-refractivity contribution in [1.82, 2.24) is 14.8 Å². The van der Waals surface area contributed by atoms with E-state index in [-0.39, 0.29) is 33.8 Å². The Bertz CT molecular complexity index is 1400. The van der Waals surface area contributed by atoms with Crippen LogP contribution in [0.4, 0.5) is 5.69 Å². The number of carbonyl (C=O) groups excluding carboxylic acids is 3. The molecule has 1 atom stereocenters. The Kier molecular flexibility index (Phi) is 7.91. The molecule has 3 heterocycles. The van der Waals surface area contributed by atoms with Crippen LogP contribution < -0.4 is 5.32 Å². The number of amides is 3. The van der Waals surface area contributed by atoms with Gasteiger partial charge in [-0.25, -0.2) is 4.98 Å². The van der Waals surface area contributed by atoms with Crippen molar-refractivity contribution in [2.45, 2.75) is 45.2 Å². The van der Waals surface area contributed by atoms with Crippen LogP contribution in [0.3, 0.4) is 0 Å². The van der Waals surface area contributed by atoms with E-state index in [1.54, 1.807) is 11.0 Å². The molecule has 2 aliphatic rings. The van der Waals surface area contributed by atoms with Crippen LogP contribution in [0.15, 0.2) is 60.8 Å². The molecule has 1 aromatic heterocycles. The number of benzene rings is 2. The van der Waals surface area contributed by atoms with E-state index >= 15 is 0 Å². The lowest BCUT2D eigenvalue weighted by atomic mass is 9.89. The smallest absolute Gasteiger partial charge is 0.255 e. The summed E-state index contributed by atoms with van der Waals surface area (Å²) in [4.78, 5) is 46.6. The Hall–Kier alpha value is -3.42. The molecule has 9 heteroatoms.